The van der Waals surface area contributed by atoms with Crippen LogP contribution in [0.15, 0.2) is 24.3 Å². The summed E-state index contributed by atoms with van der Waals surface area (Å²) in [4.78, 5) is 37.8. The number of halogens is 1. The van der Waals surface area contributed by atoms with Gasteiger partial charge in [0, 0.05) is 37.1 Å². The summed E-state index contributed by atoms with van der Waals surface area (Å²) >= 11 is 5.81. The van der Waals surface area contributed by atoms with Crippen LogP contribution in [-0.2, 0) is 14.4 Å². The number of amides is 3. The Bertz CT molecular complexity index is 678. The zero-order chi connectivity index (χ0) is 20.0. The van der Waals surface area contributed by atoms with Crippen molar-refractivity contribution in [3.63, 3.8) is 0 Å². The zero-order valence-electron chi connectivity index (χ0n) is 15.8. The van der Waals surface area contributed by atoms with Crippen LogP contribution in [0.25, 0.3) is 0 Å². The molecule has 2 unspecified atom stereocenters. The summed E-state index contributed by atoms with van der Waals surface area (Å²) in [6, 6.07) is 6.85. The van der Waals surface area contributed by atoms with Crippen LogP contribution in [0.4, 0.5) is 0 Å². The van der Waals surface area contributed by atoms with Gasteiger partial charge in [-0.3, -0.25) is 14.4 Å². The molecule has 1 aliphatic rings. The Morgan fingerprint density at radius 2 is 1.81 bits per heavy atom. The number of rotatable bonds is 8. The van der Waals surface area contributed by atoms with Gasteiger partial charge in [0.15, 0.2) is 6.10 Å². The minimum atomic E-state index is -0.672. The standard InChI is InChI=1S/C19H26ClN3O4/c1-12(2)23-11-14(10-17(23)24)19(26)22-9-8-21-18(25)13(3)27-16-6-4-15(20)5-7-16/h4-7,12-14H,8-11H2,1-3H3,(H,21,25)(H,22,26). The third-order valence-electron chi connectivity index (χ3n) is 4.37. The lowest BCUT2D eigenvalue weighted by atomic mass is 10.1. The Hall–Kier alpha value is -2.28. The van der Waals surface area contributed by atoms with Crippen molar-refractivity contribution in [2.24, 2.45) is 5.92 Å². The molecule has 1 heterocycles. The van der Waals surface area contributed by atoms with Crippen molar-refractivity contribution in [1.29, 1.82) is 0 Å². The monoisotopic (exact) mass is 395 g/mol. The van der Waals surface area contributed by atoms with Crippen molar-refractivity contribution in [2.45, 2.75) is 39.3 Å². The summed E-state index contributed by atoms with van der Waals surface area (Å²) in [6.07, 6.45) is -0.434. The van der Waals surface area contributed by atoms with Crippen molar-refractivity contribution < 1.29 is 19.1 Å². The lowest BCUT2D eigenvalue weighted by Crippen LogP contribution is -2.42. The van der Waals surface area contributed by atoms with E-state index in [-0.39, 0.29) is 42.6 Å². The molecule has 1 saturated heterocycles. The number of ether oxygens (including phenoxy) is 1. The summed E-state index contributed by atoms with van der Waals surface area (Å²) in [7, 11) is 0. The molecule has 1 aliphatic heterocycles. The maximum atomic E-state index is 12.2. The average Bonchev–Trinajstić information content (AvgIpc) is 3.02. The van der Waals surface area contributed by atoms with Gasteiger partial charge in [-0.1, -0.05) is 11.6 Å². The van der Waals surface area contributed by atoms with E-state index < -0.39 is 6.10 Å². The lowest BCUT2D eigenvalue weighted by molar-refractivity contribution is -0.129. The van der Waals surface area contributed by atoms with Crippen LogP contribution >= 0.6 is 11.6 Å². The van der Waals surface area contributed by atoms with Crippen molar-refractivity contribution in [3.8, 4) is 5.75 Å². The van der Waals surface area contributed by atoms with Gasteiger partial charge in [-0.15, -0.1) is 0 Å². The fourth-order valence-electron chi connectivity index (χ4n) is 2.84. The van der Waals surface area contributed by atoms with Crippen LogP contribution in [0.2, 0.25) is 5.02 Å². The first-order chi connectivity index (χ1) is 12.8. The predicted molar refractivity (Wildman–Crippen MR) is 103 cm³/mol. The fourth-order valence-corrected chi connectivity index (χ4v) is 2.96. The minimum Gasteiger partial charge on any atom is -0.481 e. The Morgan fingerprint density at radius 1 is 1.19 bits per heavy atom. The van der Waals surface area contributed by atoms with E-state index in [1.54, 1.807) is 36.1 Å². The molecule has 0 spiro atoms. The topological polar surface area (TPSA) is 87.7 Å². The lowest BCUT2D eigenvalue weighted by Gasteiger charge is -2.20. The Balaban J connectivity index is 1.67. The van der Waals surface area contributed by atoms with Gasteiger partial charge in [-0.2, -0.15) is 0 Å². The molecule has 8 heteroatoms. The summed E-state index contributed by atoms with van der Waals surface area (Å²) in [5.74, 6) is -0.210. The van der Waals surface area contributed by atoms with Gasteiger partial charge in [-0.25, -0.2) is 0 Å². The molecular weight excluding hydrogens is 370 g/mol. The van der Waals surface area contributed by atoms with Gasteiger partial charge in [0.05, 0.1) is 5.92 Å². The maximum absolute atomic E-state index is 12.2. The van der Waals surface area contributed by atoms with Gasteiger partial charge in [0.25, 0.3) is 5.91 Å². The molecule has 0 bridgehead atoms. The van der Waals surface area contributed by atoms with E-state index in [1.165, 1.54) is 0 Å². The van der Waals surface area contributed by atoms with E-state index in [0.717, 1.165) is 0 Å². The van der Waals surface area contributed by atoms with Crippen LogP contribution in [0.1, 0.15) is 27.2 Å². The number of benzene rings is 1. The number of carbonyl (C=O) groups excluding carboxylic acids is 3. The van der Waals surface area contributed by atoms with Crippen LogP contribution < -0.4 is 15.4 Å². The van der Waals surface area contributed by atoms with Crippen LogP contribution in [0, 0.1) is 5.92 Å². The maximum Gasteiger partial charge on any atom is 0.260 e. The van der Waals surface area contributed by atoms with E-state index in [1.807, 2.05) is 13.8 Å². The normalized spacial score (nSPS) is 17.7. The van der Waals surface area contributed by atoms with E-state index in [4.69, 9.17) is 16.3 Å². The second kappa shape index (κ2) is 9.60. The SMILES string of the molecule is CC(Oc1ccc(Cl)cc1)C(=O)NCCNC(=O)C1CC(=O)N(C(C)C)C1. The van der Waals surface area contributed by atoms with Crippen LogP contribution in [-0.4, -0.2) is 54.4 Å². The van der Waals surface area contributed by atoms with Gasteiger partial charge in [0.1, 0.15) is 5.75 Å². The third-order valence-corrected chi connectivity index (χ3v) is 4.62. The first kappa shape index (κ1) is 21.0. The first-order valence-corrected chi connectivity index (χ1v) is 9.43. The van der Waals surface area contributed by atoms with E-state index in [9.17, 15) is 14.4 Å². The first-order valence-electron chi connectivity index (χ1n) is 9.05. The third kappa shape index (κ3) is 6.13. The Morgan fingerprint density at radius 3 is 2.41 bits per heavy atom. The largest absolute Gasteiger partial charge is 0.481 e. The highest BCUT2D eigenvalue weighted by molar-refractivity contribution is 6.30. The number of hydrogen-bond acceptors (Lipinski definition) is 4. The summed E-state index contributed by atoms with van der Waals surface area (Å²) in [5, 5.41) is 6.07. The molecule has 1 fully saturated rings. The number of hydrogen-bond donors (Lipinski definition) is 2. The molecule has 7 nitrogen and oxygen atoms in total. The number of nitrogens with zero attached hydrogens (tertiary/aromatic N) is 1. The van der Waals surface area contributed by atoms with E-state index in [2.05, 4.69) is 10.6 Å². The molecular formula is C19H26ClN3O4. The smallest absolute Gasteiger partial charge is 0.260 e. The molecule has 1 aromatic carbocycles. The molecule has 3 amide bonds. The average molecular weight is 396 g/mol. The van der Waals surface area contributed by atoms with Crippen LogP contribution in [0.5, 0.6) is 5.75 Å². The number of nitrogens with one attached hydrogen (secondary N) is 2. The highest BCUT2D eigenvalue weighted by atomic mass is 35.5. The van der Waals surface area contributed by atoms with Gasteiger partial charge in [-0.05, 0) is 45.0 Å². The molecule has 2 N–H and O–H groups in total. The van der Waals surface area contributed by atoms with Gasteiger partial charge >= 0.3 is 0 Å². The molecule has 2 atom stereocenters. The summed E-state index contributed by atoms with van der Waals surface area (Å²) < 4.78 is 5.54. The molecule has 0 aliphatic carbocycles. The molecule has 1 aromatic rings. The van der Waals surface area contributed by atoms with Crippen molar-refractivity contribution in [2.75, 3.05) is 19.6 Å². The summed E-state index contributed by atoms with van der Waals surface area (Å²) in [6.45, 7) is 6.54. The molecule has 2 rings (SSSR count). The second-order valence-corrected chi connectivity index (χ2v) is 7.27. The molecule has 27 heavy (non-hydrogen) atoms. The second-order valence-electron chi connectivity index (χ2n) is 6.84. The van der Waals surface area contributed by atoms with Crippen molar-refractivity contribution in [3.05, 3.63) is 29.3 Å². The number of carbonyl (C=O) groups is 3. The quantitative estimate of drug-likeness (QED) is 0.654. The van der Waals surface area contributed by atoms with Gasteiger partial charge < -0.3 is 20.3 Å². The van der Waals surface area contributed by atoms with Crippen molar-refractivity contribution in [1.82, 2.24) is 15.5 Å². The number of likely N-dealkylation sites (tertiary alicyclic amines) is 1. The Kier molecular flexibility index (Phi) is 7.47. The molecule has 148 valence electrons. The summed E-state index contributed by atoms with van der Waals surface area (Å²) in [5.41, 5.74) is 0. The highest BCUT2D eigenvalue weighted by Gasteiger charge is 2.35. The van der Waals surface area contributed by atoms with E-state index in [0.29, 0.717) is 23.9 Å². The molecule has 0 aromatic heterocycles. The minimum absolute atomic E-state index is 0.00614. The fraction of sp³-hybridized carbons (Fsp3) is 0.526. The molecule has 0 radical (unpaired) electrons. The molecule has 0 saturated carbocycles. The van der Waals surface area contributed by atoms with Gasteiger partial charge in [0.2, 0.25) is 11.8 Å². The highest BCUT2D eigenvalue weighted by Crippen LogP contribution is 2.20. The predicted octanol–water partition coefficient (Wildman–Crippen LogP) is 1.60. The van der Waals surface area contributed by atoms with Crippen LogP contribution in [0.3, 0.4) is 0 Å². The Labute approximate surface area is 164 Å². The van der Waals surface area contributed by atoms with Crippen molar-refractivity contribution >= 4 is 29.3 Å². The van der Waals surface area contributed by atoms with E-state index >= 15 is 0 Å². The zero-order valence-corrected chi connectivity index (χ0v) is 16.6.